The molecule has 0 spiro atoms. The molecule has 2 aromatic rings. The van der Waals surface area contributed by atoms with Crippen LogP contribution >= 0.6 is 23.1 Å². The SMILES string of the molecule is CCSc1nnc(NC(=O)Cn2cc(S(=O)(=O)NC)c(S(=O)(=O)NC)c2)s1. The first kappa shape index (κ1) is 21.8. The molecule has 0 radical (unpaired) electrons. The number of carbonyl (C=O) groups excluding carboxylic acids is 1. The van der Waals surface area contributed by atoms with Crippen molar-refractivity contribution in [2.24, 2.45) is 0 Å². The predicted octanol–water partition coefficient (Wildman–Crippen LogP) is -0.0935. The number of hydrogen-bond donors (Lipinski definition) is 3. The van der Waals surface area contributed by atoms with Crippen molar-refractivity contribution in [2.45, 2.75) is 27.6 Å². The van der Waals surface area contributed by atoms with Crippen LogP contribution in [0.2, 0.25) is 0 Å². The average Bonchev–Trinajstić information content (AvgIpc) is 3.23. The lowest BCUT2D eigenvalue weighted by atomic mass is 10.6. The Labute approximate surface area is 165 Å². The maximum Gasteiger partial charge on any atom is 0.246 e. The van der Waals surface area contributed by atoms with Crippen LogP contribution in [0.15, 0.2) is 26.5 Å². The molecule has 11 nitrogen and oxygen atoms in total. The van der Waals surface area contributed by atoms with Crippen molar-refractivity contribution in [1.82, 2.24) is 24.2 Å². The maximum absolute atomic E-state index is 12.2. The van der Waals surface area contributed by atoms with E-state index < -0.39 is 35.7 Å². The summed E-state index contributed by atoms with van der Waals surface area (Å²) in [6.07, 6.45) is 2.15. The highest BCUT2D eigenvalue weighted by molar-refractivity contribution is 8.01. The van der Waals surface area contributed by atoms with Crippen LogP contribution in [0.3, 0.4) is 0 Å². The first-order valence-electron chi connectivity index (χ1n) is 7.46. The highest BCUT2D eigenvalue weighted by atomic mass is 32.2. The Balaban J connectivity index is 2.25. The van der Waals surface area contributed by atoms with Crippen LogP contribution in [0.4, 0.5) is 5.13 Å². The van der Waals surface area contributed by atoms with Crippen LogP contribution in [0.5, 0.6) is 0 Å². The van der Waals surface area contributed by atoms with E-state index in [1.807, 2.05) is 6.92 Å². The van der Waals surface area contributed by atoms with Gasteiger partial charge in [0, 0.05) is 12.4 Å². The Morgan fingerprint density at radius 2 is 1.67 bits per heavy atom. The highest BCUT2D eigenvalue weighted by Gasteiger charge is 2.27. The van der Waals surface area contributed by atoms with E-state index in [9.17, 15) is 21.6 Å². The molecule has 0 saturated carbocycles. The lowest BCUT2D eigenvalue weighted by Gasteiger charge is -2.04. The zero-order valence-corrected chi connectivity index (χ0v) is 17.9. The number of aromatic nitrogens is 3. The molecule has 0 aliphatic rings. The molecule has 0 unspecified atom stereocenters. The molecule has 0 saturated heterocycles. The van der Waals surface area contributed by atoms with Crippen LogP contribution in [0.25, 0.3) is 0 Å². The lowest BCUT2D eigenvalue weighted by molar-refractivity contribution is -0.116. The van der Waals surface area contributed by atoms with Gasteiger partial charge in [0.2, 0.25) is 31.1 Å². The first-order chi connectivity index (χ1) is 12.6. The van der Waals surface area contributed by atoms with Crippen LogP contribution in [0, 0.1) is 0 Å². The number of amides is 1. The minimum Gasteiger partial charge on any atom is -0.342 e. The van der Waals surface area contributed by atoms with Gasteiger partial charge in [0.25, 0.3) is 0 Å². The van der Waals surface area contributed by atoms with Crippen LogP contribution < -0.4 is 14.8 Å². The number of sulfonamides is 2. The van der Waals surface area contributed by atoms with E-state index in [0.29, 0.717) is 9.47 Å². The number of anilines is 1. The molecule has 1 amide bonds. The quantitative estimate of drug-likeness (QED) is 0.351. The maximum atomic E-state index is 12.2. The fourth-order valence-electron chi connectivity index (χ4n) is 1.95. The molecule has 2 heterocycles. The normalized spacial score (nSPS) is 12.3. The van der Waals surface area contributed by atoms with Crippen LogP contribution in [-0.2, 0) is 31.4 Å². The van der Waals surface area contributed by atoms with Crippen molar-refractivity contribution < 1.29 is 21.6 Å². The molecule has 150 valence electrons. The van der Waals surface area contributed by atoms with E-state index in [1.165, 1.54) is 27.7 Å². The monoisotopic (exact) mass is 454 g/mol. The summed E-state index contributed by atoms with van der Waals surface area (Å²) in [5, 5.41) is 10.6. The Morgan fingerprint density at radius 1 is 1.11 bits per heavy atom. The van der Waals surface area contributed by atoms with Gasteiger partial charge in [-0.3, -0.25) is 10.1 Å². The summed E-state index contributed by atoms with van der Waals surface area (Å²) >= 11 is 2.69. The van der Waals surface area contributed by atoms with Gasteiger partial charge >= 0.3 is 0 Å². The van der Waals surface area contributed by atoms with Gasteiger partial charge in [-0.15, -0.1) is 10.2 Å². The molecular weight excluding hydrogens is 436 g/mol. The summed E-state index contributed by atoms with van der Waals surface area (Å²) in [6.45, 7) is 1.66. The average molecular weight is 455 g/mol. The van der Waals surface area contributed by atoms with Gasteiger partial charge in [-0.05, 0) is 19.8 Å². The molecule has 0 aliphatic carbocycles. The minimum absolute atomic E-state index is 0.300. The third kappa shape index (κ3) is 5.26. The van der Waals surface area contributed by atoms with Crippen molar-refractivity contribution in [3.63, 3.8) is 0 Å². The third-order valence-electron chi connectivity index (χ3n) is 3.17. The van der Waals surface area contributed by atoms with E-state index in [2.05, 4.69) is 25.0 Å². The molecule has 0 fully saturated rings. The van der Waals surface area contributed by atoms with Gasteiger partial charge in [0.15, 0.2) is 4.34 Å². The molecule has 2 aromatic heterocycles. The molecule has 3 N–H and O–H groups in total. The molecule has 2 rings (SSSR count). The fraction of sp³-hybridized carbons (Fsp3) is 0.417. The molecule has 15 heteroatoms. The van der Waals surface area contributed by atoms with Crippen LogP contribution in [-0.4, -0.2) is 57.4 Å². The van der Waals surface area contributed by atoms with Gasteiger partial charge in [-0.2, -0.15) is 0 Å². The van der Waals surface area contributed by atoms with E-state index in [0.717, 1.165) is 32.2 Å². The topological polar surface area (TPSA) is 152 Å². The Morgan fingerprint density at radius 3 is 2.15 bits per heavy atom. The molecular formula is C12H18N6O5S4. The molecule has 0 atom stereocenters. The van der Waals surface area contributed by atoms with E-state index in [-0.39, 0.29) is 6.54 Å². The summed E-state index contributed by atoms with van der Waals surface area (Å²) in [5.74, 6) is 0.313. The first-order valence-corrected chi connectivity index (χ1v) is 12.2. The minimum atomic E-state index is -4.04. The molecule has 0 bridgehead atoms. The Bertz CT molecular complexity index is 975. The van der Waals surface area contributed by atoms with E-state index in [1.54, 1.807) is 0 Å². The zero-order chi connectivity index (χ0) is 20.2. The van der Waals surface area contributed by atoms with Gasteiger partial charge in [0.1, 0.15) is 16.3 Å². The second-order valence-corrected chi connectivity index (χ2v) is 11.1. The second kappa shape index (κ2) is 8.66. The number of nitrogens with one attached hydrogen (secondary N) is 3. The fourth-order valence-corrected chi connectivity index (χ4v) is 5.89. The summed E-state index contributed by atoms with van der Waals surface area (Å²) in [4.78, 5) is 11.3. The van der Waals surface area contributed by atoms with Crippen molar-refractivity contribution in [1.29, 1.82) is 0 Å². The number of carbonyl (C=O) groups is 1. The lowest BCUT2D eigenvalue weighted by Crippen LogP contribution is -2.24. The third-order valence-corrected chi connectivity index (χ3v) is 8.04. The molecule has 0 aliphatic heterocycles. The van der Waals surface area contributed by atoms with E-state index in [4.69, 9.17) is 0 Å². The smallest absolute Gasteiger partial charge is 0.246 e. The Kier molecular flexibility index (Phi) is 6.98. The number of thioether (sulfide) groups is 1. The second-order valence-electron chi connectivity index (χ2n) is 4.93. The summed E-state index contributed by atoms with van der Waals surface area (Å²) in [7, 11) is -5.76. The van der Waals surface area contributed by atoms with Gasteiger partial charge in [-0.25, -0.2) is 26.3 Å². The summed E-state index contributed by atoms with van der Waals surface area (Å²) in [5.41, 5.74) is 0. The molecule has 0 aromatic carbocycles. The Hall–Kier alpha value is -1.52. The van der Waals surface area contributed by atoms with Gasteiger partial charge in [-0.1, -0.05) is 30.0 Å². The number of hydrogen-bond acceptors (Lipinski definition) is 9. The van der Waals surface area contributed by atoms with Gasteiger partial charge in [0.05, 0.1) is 0 Å². The summed E-state index contributed by atoms with van der Waals surface area (Å²) in [6, 6.07) is 0. The largest absolute Gasteiger partial charge is 0.342 e. The number of nitrogens with zero attached hydrogens (tertiary/aromatic N) is 3. The number of rotatable bonds is 9. The summed E-state index contributed by atoms with van der Waals surface area (Å²) < 4.78 is 54.4. The van der Waals surface area contributed by atoms with Crippen molar-refractivity contribution >= 4 is 54.2 Å². The zero-order valence-electron chi connectivity index (χ0n) is 14.6. The van der Waals surface area contributed by atoms with Crippen molar-refractivity contribution in [3.8, 4) is 0 Å². The molecule has 27 heavy (non-hydrogen) atoms. The highest BCUT2D eigenvalue weighted by Crippen LogP contribution is 2.25. The van der Waals surface area contributed by atoms with E-state index >= 15 is 0 Å². The van der Waals surface area contributed by atoms with Crippen LogP contribution in [0.1, 0.15) is 6.92 Å². The van der Waals surface area contributed by atoms with Crippen molar-refractivity contribution in [2.75, 3.05) is 25.2 Å². The van der Waals surface area contributed by atoms with Gasteiger partial charge < -0.3 is 4.57 Å². The predicted molar refractivity (Wildman–Crippen MR) is 102 cm³/mol. The standard InChI is InChI=1S/C12H18N6O5S4/c1-4-24-12-17-16-11(25-12)15-10(19)7-18-5-8(26(20,21)13-2)9(6-18)27(22,23)14-3/h5-6,13-14H,4,7H2,1-3H3,(H,15,16,19). The van der Waals surface area contributed by atoms with Crippen molar-refractivity contribution in [3.05, 3.63) is 12.4 Å².